The predicted octanol–water partition coefficient (Wildman–Crippen LogP) is 2.63. The number of aliphatic hydroxyl groups is 4. The number of nitrogens with two attached hydrogens (primary N) is 4. The number of anilines is 4. The first-order chi connectivity index (χ1) is 50.9. The van der Waals surface area contributed by atoms with Crippen LogP contribution < -0.4 is 45.7 Å². The lowest BCUT2D eigenvalue weighted by molar-refractivity contribution is -0.0616. The molecule has 0 saturated carbocycles. The third-order valence-corrected chi connectivity index (χ3v) is 26.3. The lowest BCUT2D eigenvalue weighted by atomic mass is 9.98. The Hall–Kier alpha value is -4.76. The third kappa shape index (κ3) is 24.7. The summed E-state index contributed by atoms with van der Waals surface area (Å²) in [5.41, 5.74) is -0.0785. The van der Waals surface area contributed by atoms with Crippen LogP contribution in [-0.2, 0) is 72.7 Å². The maximum atomic E-state index is 14.7. The first kappa shape index (κ1) is 101. The summed E-state index contributed by atoms with van der Waals surface area (Å²) >= 11 is 22.6. The maximum absolute atomic E-state index is 14.7. The third-order valence-electron chi connectivity index (χ3n) is 14.6. The fraction of sp³-hybridized carbons (Fsp3) is 0.489. The van der Waals surface area contributed by atoms with Crippen LogP contribution in [0.5, 0.6) is 0 Å². The zero-order chi connectivity index (χ0) is 86.0. The van der Waals surface area contributed by atoms with Crippen molar-refractivity contribution in [2.24, 2.45) is 0 Å². The van der Waals surface area contributed by atoms with E-state index in [4.69, 9.17) is 127 Å². The largest absolute Gasteiger partial charge is 0.488 e. The Morgan fingerprint density at radius 1 is 0.425 bits per heavy atom. The van der Waals surface area contributed by atoms with Crippen molar-refractivity contribution in [3.8, 4) is 0 Å². The minimum absolute atomic E-state index is 0. The second-order valence-electron chi connectivity index (χ2n) is 23.2. The van der Waals surface area contributed by atoms with Gasteiger partial charge in [0.05, 0.1) is 23.5 Å². The van der Waals surface area contributed by atoms with Crippen molar-refractivity contribution < 1.29 is 177 Å². The van der Waals surface area contributed by atoms with E-state index in [-0.39, 0.29) is 48.9 Å². The van der Waals surface area contributed by atoms with E-state index >= 15 is 0 Å². The van der Waals surface area contributed by atoms with Gasteiger partial charge in [-0.2, -0.15) is 41.7 Å². The number of alkyl halides is 8. The zero-order valence-electron chi connectivity index (χ0n) is 55.1. The average molecular weight is 1880 g/mol. The number of ether oxygens (including phenoxy) is 4. The molecule has 46 nitrogen and oxygen atoms in total. The van der Waals surface area contributed by atoms with E-state index in [0.717, 1.165) is 47.6 Å². The van der Waals surface area contributed by atoms with Crippen molar-refractivity contribution in [3.05, 3.63) is 138 Å². The molecule has 22 N–H and O–H groups in total. The monoisotopic (exact) mass is 1880 g/mol. The highest BCUT2D eigenvalue weighted by molar-refractivity contribution is 7.70. The SMILES string of the molecule is C.CP(C)(=O)C(F)=C[C@@]1(CCl)O[C@@H](n2ccc(N)nc2=O)[C@H](F)[C@@H]1O.Nc1ccn([C@@H]2O[C@@](/C=C(\F)P(=O)(O)OP(=O)(O)OP(=O)(O)O)(CCl)[C@@H](O)[C@H]2F)c(=O)n1.Nc1ccn([C@@H]2O[C@@](/C=C(\F)P(=O)(O)OP(=O)(O)OP(=O)(O)O)(CCl)[C@@H](O)[C@H]2F)c(=O)n1.Nc1ccn([C@@H]2O[C@@](C=C(F)P(=O)(O)O)(CCl)[C@@H](O)[C@H]2F)c(=O)n1. The highest BCUT2D eigenvalue weighted by atomic mass is 35.5. The maximum Gasteiger partial charge on any atom is 0.488 e. The lowest BCUT2D eigenvalue weighted by Crippen LogP contribution is -2.42. The second-order valence-corrected chi connectivity index (χ2v) is 38.3. The molecule has 113 heavy (non-hydrogen) atoms. The summed E-state index contributed by atoms with van der Waals surface area (Å²) in [6, 6.07) is 4.54. The molecule has 0 bridgehead atoms. The van der Waals surface area contributed by atoms with E-state index in [9.17, 15) is 121 Å². The number of aliphatic hydroxyl groups excluding tert-OH is 4. The highest BCUT2D eigenvalue weighted by Gasteiger charge is 2.60. The van der Waals surface area contributed by atoms with Crippen LogP contribution in [0.4, 0.5) is 58.4 Å². The van der Waals surface area contributed by atoms with Crippen LogP contribution in [0.15, 0.2) is 115 Å². The van der Waals surface area contributed by atoms with Gasteiger partial charge in [-0.25, -0.2) is 68.0 Å². The first-order valence-electron chi connectivity index (χ1n) is 29.0. The number of nitrogen functional groups attached to an aromatic ring is 4. The Morgan fingerprint density at radius 2 is 0.628 bits per heavy atom. The summed E-state index contributed by atoms with van der Waals surface area (Å²) in [6.45, 7) is 2.34. The van der Waals surface area contributed by atoms with Crippen molar-refractivity contribution in [2.75, 3.05) is 59.8 Å². The molecule has 4 aromatic heterocycles. The predicted molar refractivity (Wildman–Crippen MR) is 372 cm³/mol. The molecule has 8 rings (SSSR count). The van der Waals surface area contributed by atoms with Gasteiger partial charge in [-0.1, -0.05) is 7.43 Å². The van der Waals surface area contributed by atoms with E-state index in [1.54, 1.807) is 0 Å². The van der Waals surface area contributed by atoms with Crippen LogP contribution in [0.3, 0.4) is 0 Å². The van der Waals surface area contributed by atoms with Gasteiger partial charge in [-0.05, 0) is 61.9 Å². The molecular formula is C47H64Cl4F8N12O34P8. The smallest absolute Gasteiger partial charge is 0.386 e. The number of rotatable bonds is 24. The van der Waals surface area contributed by atoms with E-state index in [1.807, 2.05) is 0 Å². The standard InChI is InChI=1S/C13H17ClF2N3O4P.2C11H15ClF2N3O12P3.C11H13ClF2N3O6P.CH4/c1-24(2,22)7(15)5-13(6-14)10(20)9(16)11(23-13)19-4-3-8(17)18-12(19)21;2*12-4-11(3-5(13)30(20,21)28-32(25,26)29-31(22,23)24)8(18)7(14)9(27-11)17-2-1-6(15)16-10(17)19;12-4-11(3-5(13)24(20,21)22)8(18)7(14)9(23-11)17-2-1-6(15)16-10(17)19;/h3-5,9-11,20H,6H2,1-2H3,(H2,17,18,21);2*1-3,7-9,18H,4H2,(H,20,21)(H,25,26)(H2,15,16,19)(H2,22,23,24);1-3,7-9,18H,4H2,(H2,15,16,19)(H2,20,21,22);1H4/b;2*5-3+;;/t9-,10+,11-,13+;3*7-,8+,9-,11+;/m1111./s1. The van der Waals surface area contributed by atoms with Gasteiger partial charge in [-0.3, -0.25) is 32.0 Å². The summed E-state index contributed by atoms with van der Waals surface area (Å²) in [5.74, 6) is -3.90. The average Bonchev–Trinajstić information content (AvgIpc) is 1.63. The Bertz CT molecular complexity index is 4660. The van der Waals surface area contributed by atoms with Gasteiger partial charge < -0.3 is 116 Å². The molecule has 0 aliphatic carbocycles. The summed E-state index contributed by atoms with van der Waals surface area (Å²) in [4.78, 5) is 150. The van der Waals surface area contributed by atoms with Crippen LogP contribution in [0.1, 0.15) is 32.3 Å². The van der Waals surface area contributed by atoms with Crippen molar-refractivity contribution in [3.63, 3.8) is 0 Å². The lowest BCUT2D eigenvalue weighted by Gasteiger charge is -2.26. The van der Waals surface area contributed by atoms with E-state index in [0.29, 0.717) is 19.8 Å². The molecule has 0 spiro atoms. The van der Waals surface area contributed by atoms with Crippen LogP contribution in [0.25, 0.3) is 0 Å². The van der Waals surface area contributed by atoms with Gasteiger partial charge in [0.15, 0.2) is 55.2 Å². The Kier molecular flexibility index (Phi) is 33.5. The molecule has 4 aliphatic rings. The summed E-state index contributed by atoms with van der Waals surface area (Å²) in [6.07, 6.45) is -20.4. The Labute approximate surface area is 644 Å². The second kappa shape index (κ2) is 37.7. The van der Waals surface area contributed by atoms with Gasteiger partial charge >= 0.3 is 76.8 Å². The van der Waals surface area contributed by atoms with Crippen molar-refractivity contribution >= 4 is 131 Å². The molecular weight excluding hydrogens is 1820 g/mol. The molecule has 66 heteroatoms. The molecule has 640 valence electrons. The number of hydrogen-bond acceptors (Lipinski definition) is 32. The minimum atomic E-state index is -6.01. The van der Waals surface area contributed by atoms with Crippen LogP contribution >= 0.6 is 108 Å². The normalized spacial score (nSPS) is 30.7. The summed E-state index contributed by atoms with van der Waals surface area (Å²) in [7, 11) is -44.0. The van der Waals surface area contributed by atoms with Crippen LogP contribution in [0.2, 0.25) is 0 Å². The first-order valence-corrected chi connectivity index (χ1v) is 44.5. The minimum Gasteiger partial charge on any atom is -0.386 e. The number of aromatic nitrogens is 8. The fourth-order valence-electron chi connectivity index (χ4n) is 9.40. The Morgan fingerprint density at radius 3 is 0.805 bits per heavy atom. The molecule has 4 unspecified atom stereocenters. The van der Waals surface area contributed by atoms with Gasteiger partial charge in [0.2, 0.25) is 16.7 Å². The quantitative estimate of drug-likeness (QED) is 0.0272. The van der Waals surface area contributed by atoms with Crippen molar-refractivity contribution in [1.82, 2.24) is 38.2 Å². The zero-order valence-corrected chi connectivity index (χ0v) is 65.3. The summed E-state index contributed by atoms with van der Waals surface area (Å²) in [5, 5.41) is 40.5. The molecule has 4 aliphatic heterocycles. The van der Waals surface area contributed by atoms with E-state index < -0.39 is 226 Å². The fourth-order valence-corrected chi connectivity index (χ4v) is 18.1. The summed E-state index contributed by atoms with van der Waals surface area (Å²) < 4.78 is 243. The van der Waals surface area contributed by atoms with Crippen molar-refractivity contribution in [2.45, 2.75) is 104 Å². The van der Waals surface area contributed by atoms with Crippen LogP contribution in [0, 0.1) is 0 Å². The highest BCUT2D eigenvalue weighted by Crippen LogP contribution is 2.71. The van der Waals surface area contributed by atoms with Crippen molar-refractivity contribution in [1.29, 1.82) is 0 Å². The van der Waals surface area contributed by atoms with E-state index in [2.05, 4.69) is 37.2 Å². The van der Waals surface area contributed by atoms with Crippen LogP contribution in [-0.4, -0.2) is 216 Å². The molecule has 8 heterocycles. The van der Waals surface area contributed by atoms with Gasteiger partial charge in [-0.15, -0.1) is 46.4 Å². The molecule has 0 amide bonds. The van der Waals surface area contributed by atoms with Gasteiger partial charge in [0.25, 0.3) is 0 Å². The molecule has 0 radical (unpaired) electrons. The number of halogens is 12. The molecule has 4 fully saturated rings. The molecule has 4 saturated heterocycles. The molecule has 20 atom stereocenters. The topological polar surface area (TPSA) is 737 Å². The molecule has 0 aromatic carbocycles. The van der Waals surface area contributed by atoms with E-state index in [1.165, 1.54) is 19.4 Å². The number of phosphoric acid groups is 4. The Balaban J connectivity index is 0.000000319. The van der Waals surface area contributed by atoms with Gasteiger partial charge in [0.1, 0.15) is 77.2 Å². The molecule has 4 aromatic rings. The van der Waals surface area contributed by atoms with Gasteiger partial charge in [0, 0.05) is 24.8 Å². The number of hydrogen-bond donors (Lipinski definition) is 18. The number of nitrogens with zero attached hydrogens (tertiary/aromatic N) is 8.